The van der Waals surface area contributed by atoms with Crippen molar-refractivity contribution in [2.75, 3.05) is 0 Å². The van der Waals surface area contributed by atoms with Crippen LogP contribution in [0.4, 0.5) is 8.78 Å². The zero-order valence-electron chi connectivity index (χ0n) is 17.6. The highest BCUT2D eigenvalue weighted by molar-refractivity contribution is 5.64. The number of rotatable bonds is 3. The van der Waals surface area contributed by atoms with Crippen LogP contribution in [0.25, 0.3) is 22.6 Å². The number of nitrogens with one attached hydrogen (secondary N) is 1. The fourth-order valence-electron chi connectivity index (χ4n) is 5.86. The summed E-state index contributed by atoms with van der Waals surface area (Å²) in [6.07, 6.45) is 6.98. The van der Waals surface area contributed by atoms with Gasteiger partial charge in [0.25, 0.3) is 0 Å². The van der Waals surface area contributed by atoms with Gasteiger partial charge in [-0.05, 0) is 54.0 Å². The molecule has 1 saturated carbocycles. The number of hydrogen-bond donors (Lipinski definition) is 1. The molecule has 0 unspecified atom stereocenters. The van der Waals surface area contributed by atoms with Crippen molar-refractivity contribution in [2.45, 2.75) is 38.0 Å². The molecule has 1 N–H and O–H groups in total. The Balaban J connectivity index is 1.54. The third-order valence-electron chi connectivity index (χ3n) is 7.45. The maximum absolute atomic E-state index is 14.4. The van der Waals surface area contributed by atoms with Crippen LogP contribution in [-0.2, 0) is 5.41 Å². The summed E-state index contributed by atoms with van der Waals surface area (Å²) in [5.74, 6) is -1.11. The molecule has 1 aromatic carbocycles. The summed E-state index contributed by atoms with van der Waals surface area (Å²) in [6, 6.07) is 7.48. The van der Waals surface area contributed by atoms with Crippen LogP contribution in [0.2, 0.25) is 0 Å². The minimum absolute atomic E-state index is 0.140. The summed E-state index contributed by atoms with van der Waals surface area (Å²) in [7, 11) is 0. The second-order valence-corrected chi connectivity index (χ2v) is 9.11. The van der Waals surface area contributed by atoms with E-state index in [9.17, 15) is 8.78 Å². The lowest BCUT2D eigenvalue weighted by Gasteiger charge is -2.37. The molecular formula is C24H20F2N6. The van der Waals surface area contributed by atoms with Crippen LogP contribution in [0.1, 0.15) is 49.6 Å². The van der Waals surface area contributed by atoms with E-state index >= 15 is 0 Å². The Bertz CT molecular complexity index is 1330. The molecule has 2 aliphatic carbocycles. The van der Waals surface area contributed by atoms with Gasteiger partial charge >= 0.3 is 0 Å². The van der Waals surface area contributed by atoms with E-state index in [-0.39, 0.29) is 22.6 Å². The molecule has 0 radical (unpaired) electrons. The first-order valence-corrected chi connectivity index (χ1v) is 10.6. The summed E-state index contributed by atoms with van der Waals surface area (Å²) in [5, 5.41) is 15.8. The lowest BCUT2D eigenvalue weighted by Crippen LogP contribution is -2.38. The first-order chi connectivity index (χ1) is 15.4. The lowest BCUT2D eigenvalue weighted by molar-refractivity contribution is 0.242. The van der Waals surface area contributed by atoms with Crippen molar-refractivity contribution in [1.82, 2.24) is 30.4 Å². The van der Waals surface area contributed by atoms with Gasteiger partial charge in [-0.15, -0.1) is 5.10 Å². The molecule has 8 heteroatoms. The molecule has 4 aromatic rings. The van der Waals surface area contributed by atoms with Crippen LogP contribution in [0.5, 0.6) is 0 Å². The molecule has 6 rings (SSSR count). The second kappa shape index (κ2) is 6.48. The van der Waals surface area contributed by atoms with E-state index in [0.29, 0.717) is 5.69 Å². The molecule has 2 bridgehead atoms. The Kier molecular flexibility index (Phi) is 3.88. The van der Waals surface area contributed by atoms with Crippen LogP contribution in [0.3, 0.4) is 0 Å². The summed E-state index contributed by atoms with van der Waals surface area (Å²) in [6.45, 7) is 4.42. The number of hydrogen-bond acceptors (Lipinski definition) is 5. The molecule has 160 valence electrons. The van der Waals surface area contributed by atoms with E-state index in [4.69, 9.17) is 4.98 Å². The van der Waals surface area contributed by atoms with Crippen molar-refractivity contribution < 1.29 is 8.78 Å². The number of H-pyrrole nitrogens is 1. The second-order valence-electron chi connectivity index (χ2n) is 9.11. The van der Waals surface area contributed by atoms with Crippen LogP contribution in [0, 0.1) is 17.0 Å². The van der Waals surface area contributed by atoms with Crippen molar-refractivity contribution in [3.05, 3.63) is 77.5 Å². The molecule has 0 aliphatic heterocycles. The van der Waals surface area contributed by atoms with E-state index in [1.807, 2.05) is 12.1 Å². The van der Waals surface area contributed by atoms with Gasteiger partial charge < -0.3 is 0 Å². The van der Waals surface area contributed by atoms with Crippen molar-refractivity contribution in [3.8, 4) is 22.6 Å². The van der Waals surface area contributed by atoms with E-state index in [2.05, 4.69) is 39.2 Å². The Morgan fingerprint density at radius 2 is 1.84 bits per heavy atom. The predicted octanol–water partition coefficient (Wildman–Crippen LogP) is 4.81. The van der Waals surface area contributed by atoms with Crippen LogP contribution in [0.15, 0.2) is 48.9 Å². The van der Waals surface area contributed by atoms with Gasteiger partial charge in [-0.2, -0.15) is 10.2 Å². The SMILES string of the molecule is CC1(C)[C@H]2CC[C@@]1(c1cncc(-c3ccn[nH]3)n1)c1nnc(-c3c(F)cccc3F)cc12. The third-order valence-corrected chi connectivity index (χ3v) is 7.45. The van der Waals surface area contributed by atoms with Gasteiger partial charge in [-0.25, -0.2) is 13.8 Å². The number of halogens is 2. The molecule has 32 heavy (non-hydrogen) atoms. The minimum Gasteiger partial charge on any atom is -0.276 e. The monoisotopic (exact) mass is 430 g/mol. The third kappa shape index (κ3) is 2.35. The number of fused-ring (bicyclic) bond motifs is 5. The van der Waals surface area contributed by atoms with Crippen molar-refractivity contribution in [2.24, 2.45) is 5.41 Å². The number of aromatic amines is 1. The standard InChI is InChI=1S/C24H20F2N6/c1-23(2)14-6-8-24(23,20-12-27-11-19(29-20)17-7-9-28-30-17)22-13(14)10-18(31-32-22)21-15(25)4-3-5-16(21)26/h3-5,7,9-12,14H,6,8H2,1-2H3,(H,28,30)/t14-,24+/m0/s1. The molecule has 3 heterocycles. The predicted molar refractivity (Wildman–Crippen MR) is 114 cm³/mol. The molecule has 0 spiro atoms. The molecule has 3 aromatic heterocycles. The largest absolute Gasteiger partial charge is 0.276 e. The minimum atomic E-state index is -0.644. The average molecular weight is 430 g/mol. The Morgan fingerprint density at radius 1 is 1.03 bits per heavy atom. The fraction of sp³-hybridized carbons (Fsp3) is 0.292. The van der Waals surface area contributed by atoms with Crippen molar-refractivity contribution in [3.63, 3.8) is 0 Å². The Hall–Kier alpha value is -3.55. The summed E-state index contributed by atoms with van der Waals surface area (Å²) in [4.78, 5) is 9.41. The highest BCUT2D eigenvalue weighted by Crippen LogP contribution is 2.69. The molecule has 1 fully saturated rings. The van der Waals surface area contributed by atoms with Crippen molar-refractivity contribution >= 4 is 0 Å². The van der Waals surface area contributed by atoms with Gasteiger partial charge in [-0.1, -0.05) is 19.9 Å². The first-order valence-electron chi connectivity index (χ1n) is 10.6. The van der Waals surface area contributed by atoms with E-state index in [0.717, 1.165) is 35.5 Å². The molecule has 2 atom stereocenters. The van der Waals surface area contributed by atoms with Gasteiger partial charge in [0.1, 0.15) is 17.3 Å². The maximum Gasteiger partial charge on any atom is 0.135 e. The number of nitrogens with zero attached hydrogens (tertiary/aromatic N) is 5. The van der Waals surface area contributed by atoms with Crippen molar-refractivity contribution in [1.29, 1.82) is 0 Å². The van der Waals surface area contributed by atoms with Gasteiger partial charge in [0.05, 0.1) is 40.0 Å². The lowest BCUT2D eigenvalue weighted by atomic mass is 9.66. The van der Waals surface area contributed by atoms with Crippen LogP contribution in [-0.4, -0.2) is 30.4 Å². The average Bonchev–Trinajstić information content (AvgIpc) is 3.45. The zero-order chi connectivity index (χ0) is 22.1. The summed E-state index contributed by atoms with van der Waals surface area (Å²) >= 11 is 0. The molecule has 0 amide bonds. The molecule has 0 saturated heterocycles. The molecular weight excluding hydrogens is 410 g/mol. The number of benzene rings is 1. The van der Waals surface area contributed by atoms with E-state index in [1.54, 1.807) is 18.6 Å². The number of aromatic nitrogens is 6. The smallest absolute Gasteiger partial charge is 0.135 e. The quantitative estimate of drug-likeness (QED) is 0.505. The fourth-order valence-corrected chi connectivity index (χ4v) is 5.86. The Morgan fingerprint density at radius 3 is 2.59 bits per heavy atom. The van der Waals surface area contributed by atoms with Crippen LogP contribution >= 0.6 is 0 Å². The maximum atomic E-state index is 14.4. The highest BCUT2D eigenvalue weighted by Gasteiger charge is 2.65. The topological polar surface area (TPSA) is 80.2 Å². The summed E-state index contributed by atoms with van der Waals surface area (Å²) in [5.41, 5.74) is 3.53. The van der Waals surface area contributed by atoms with Gasteiger partial charge in [0.15, 0.2) is 0 Å². The van der Waals surface area contributed by atoms with E-state index in [1.165, 1.54) is 18.2 Å². The zero-order valence-corrected chi connectivity index (χ0v) is 17.6. The van der Waals surface area contributed by atoms with Gasteiger partial charge in [-0.3, -0.25) is 10.1 Å². The highest BCUT2D eigenvalue weighted by atomic mass is 19.1. The molecule has 2 aliphatic rings. The van der Waals surface area contributed by atoms with Gasteiger partial charge in [0, 0.05) is 12.4 Å². The summed E-state index contributed by atoms with van der Waals surface area (Å²) < 4.78 is 28.8. The first kappa shape index (κ1) is 19.2. The van der Waals surface area contributed by atoms with Crippen LogP contribution < -0.4 is 0 Å². The van der Waals surface area contributed by atoms with Gasteiger partial charge in [0.2, 0.25) is 0 Å². The van der Waals surface area contributed by atoms with E-state index < -0.39 is 17.0 Å². The molecule has 6 nitrogen and oxygen atoms in total. The Labute approximate surface area is 183 Å². The normalized spacial score (nSPS) is 22.8.